The molecule has 1 aliphatic carbocycles. The van der Waals surface area contributed by atoms with Crippen LogP contribution in [0, 0.1) is 0 Å². The maximum absolute atomic E-state index is 12.4. The molecule has 0 radical (unpaired) electrons. The first-order valence-corrected chi connectivity index (χ1v) is 13.1. The highest BCUT2D eigenvalue weighted by atomic mass is 16.7. The maximum atomic E-state index is 12.4. The van der Waals surface area contributed by atoms with E-state index in [1.54, 1.807) is 0 Å². The van der Waals surface area contributed by atoms with Gasteiger partial charge in [0.05, 0.1) is 0 Å². The van der Waals surface area contributed by atoms with Gasteiger partial charge in [-0.3, -0.25) is 9.59 Å². The van der Waals surface area contributed by atoms with Gasteiger partial charge in [-0.25, -0.2) is 0 Å². The number of ether oxygens (including phenoxy) is 2. The number of hydrogen-bond acceptors (Lipinski definition) is 4. The zero-order valence-corrected chi connectivity index (χ0v) is 20.0. The SMILES string of the molecule is CCCCCCCCCC(=O)OC1(OC(=O)CCCCCCCCC)CCCCC1. The van der Waals surface area contributed by atoms with Crippen LogP contribution in [0.5, 0.6) is 0 Å². The molecule has 0 aromatic rings. The third kappa shape index (κ3) is 13.3. The van der Waals surface area contributed by atoms with E-state index < -0.39 is 5.79 Å². The van der Waals surface area contributed by atoms with Crippen molar-refractivity contribution in [2.45, 2.75) is 154 Å². The molecule has 1 fully saturated rings. The van der Waals surface area contributed by atoms with Gasteiger partial charge in [0.1, 0.15) is 0 Å². The fraction of sp³-hybridized carbons (Fsp3) is 0.923. The average molecular weight is 425 g/mol. The van der Waals surface area contributed by atoms with Crippen LogP contribution in [0.4, 0.5) is 0 Å². The Morgan fingerprint density at radius 2 is 0.933 bits per heavy atom. The quantitative estimate of drug-likeness (QED) is 0.127. The highest BCUT2D eigenvalue weighted by Crippen LogP contribution is 2.34. The molecule has 0 aromatic heterocycles. The highest BCUT2D eigenvalue weighted by molar-refractivity contribution is 5.72. The Morgan fingerprint density at radius 1 is 0.567 bits per heavy atom. The third-order valence-electron chi connectivity index (χ3n) is 6.18. The fourth-order valence-corrected chi connectivity index (χ4v) is 4.29. The van der Waals surface area contributed by atoms with Crippen LogP contribution < -0.4 is 0 Å². The molecule has 0 unspecified atom stereocenters. The summed E-state index contributed by atoms with van der Waals surface area (Å²) in [6.07, 6.45) is 21.7. The monoisotopic (exact) mass is 424 g/mol. The Kier molecular flexibility index (Phi) is 15.8. The first kappa shape index (κ1) is 27.0. The Hall–Kier alpha value is -1.06. The van der Waals surface area contributed by atoms with Crippen LogP contribution in [0.25, 0.3) is 0 Å². The Bertz CT molecular complexity index is 406. The van der Waals surface area contributed by atoms with Crippen LogP contribution in [0.15, 0.2) is 0 Å². The van der Waals surface area contributed by atoms with Crippen molar-refractivity contribution in [3.63, 3.8) is 0 Å². The number of hydrogen-bond donors (Lipinski definition) is 0. The van der Waals surface area contributed by atoms with E-state index in [1.807, 2.05) is 0 Å². The molecule has 30 heavy (non-hydrogen) atoms. The summed E-state index contributed by atoms with van der Waals surface area (Å²) in [5.74, 6) is -1.39. The van der Waals surface area contributed by atoms with Gasteiger partial charge in [0.25, 0.3) is 5.79 Å². The number of rotatable bonds is 18. The lowest BCUT2D eigenvalue weighted by atomic mass is 9.94. The van der Waals surface area contributed by atoms with Crippen molar-refractivity contribution < 1.29 is 19.1 Å². The minimum atomic E-state index is -0.991. The van der Waals surface area contributed by atoms with Crippen molar-refractivity contribution in [3.05, 3.63) is 0 Å². The van der Waals surface area contributed by atoms with Crippen LogP contribution in [0.3, 0.4) is 0 Å². The normalized spacial score (nSPS) is 15.7. The van der Waals surface area contributed by atoms with Crippen LogP contribution in [0.1, 0.15) is 149 Å². The van der Waals surface area contributed by atoms with Gasteiger partial charge in [0.2, 0.25) is 0 Å². The second kappa shape index (κ2) is 17.6. The van der Waals surface area contributed by atoms with Crippen molar-refractivity contribution in [2.24, 2.45) is 0 Å². The lowest BCUT2D eigenvalue weighted by Gasteiger charge is -2.35. The summed E-state index contributed by atoms with van der Waals surface area (Å²) in [5, 5.41) is 0. The van der Waals surface area contributed by atoms with Crippen LogP contribution in [-0.4, -0.2) is 17.7 Å². The molecule has 0 N–H and O–H groups in total. The lowest BCUT2D eigenvalue weighted by molar-refractivity contribution is -0.239. The van der Waals surface area contributed by atoms with E-state index in [0.717, 1.165) is 44.9 Å². The van der Waals surface area contributed by atoms with Gasteiger partial charge < -0.3 is 9.47 Å². The predicted molar refractivity (Wildman–Crippen MR) is 123 cm³/mol. The molecule has 1 aliphatic rings. The molecule has 1 rings (SSSR count). The minimum absolute atomic E-state index is 0.200. The summed E-state index contributed by atoms with van der Waals surface area (Å²) in [6.45, 7) is 4.44. The number of carbonyl (C=O) groups is 2. The van der Waals surface area contributed by atoms with Gasteiger partial charge in [-0.05, 0) is 25.7 Å². The average Bonchev–Trinajstić information content (AvgIpc) is 2.73. The predicted octanol–water partition coefficient (Wildman–Crippen LogP) is 8.01. The van der Waals surface area contributed by atoms with E-state index in [9.17, 15) is 9.59 Å². The largest absolute Gasteiger partial charge is 0.422 e. The van der Waals surface area contributed by atoms with Crippen LogP contribution >= 0.6 is 0 Å². The van der Waals surface area contributed by atoms with E-state index in [4.69, 9.17) is 9.47 Å². The molecule has 0 bridgehead atoms. The Morgan fingerprint density at radius 3 is 1.33 bits per heavy atom. The zero-order chi connectivity index (χ0) is 21.9. The molecular formula is C26H48O4. The van der Waals surface area contributed by atoms with Crippen molar-refractivity contribution in [1.29, 1.82) is 0 Å². The molecule has 0 saturated heterocycles. The second-order valence-corrected chi connectivity index (χ2v) is 9.16. The molecule has 0 aliphatic heterocycles. The van der Waals surface area contributed by atoms with Crippen LogP contribution in [-0.2, 0) is 19.1 Å². The Labute approximate surface area is 185 Å². The number of esters is 2. The molecule has 4 heteroatoms. The van der Waals surface area contributed by atoms with Gasteiger partial charge in [-0.15, -0.1) is 0 Å². The van der Waals surface area contributed by atoms with Crippen molar-refractivity contribution in [2.75, 3.05) is 0 Å². The molecule has 4 nitrogen and oxygen atoms in total. The summed E-state index contributed by atoms with van der Waals surface area (Å²) in [5.41, 5.74) is 0. The van der Waals surface area contributed by atoms with Gasteiger partial charge in [0, 0.05) is 25.7 Å². The van der Waals surface area contributed by atoms with Crippen molar-refractivity contribution in [3.8, 4) is 0 Å². The molecule has 0 heterocycles. The smallest absolute Gasteiger partial charge is 0.309 e. The minimum Gasteiger partial charge on any atom is -0.422 e. The first-order valence-electron chi connectivity index (χ1n) is 13.1. The summed E-state index contributed by atoms with van der Waals surface area (Å²) in [6, 6.07) is 0. The summed E-state index contributed by atoms with van der Waals surface area (Å²) < 4.78 is 11.6. The van der Waals surface area contributed by atoms with E-state index in [1.165, 1.54) is 64.2 Å². The molecule has 0 atom stereocenters. The number of carbonyl (C=O) groups excluding carboxylic acids is 2. The summed E-state index contributed by atoms with van der Waals surface area (Å²) in [7, 11) is 0. The van der Waals surface area contributed by atoms with Gasteiger partial charge in [0.15, 0.2) is 0 Å². The topological polar surface area (TPSA) is 52.6 Å². The van der Waals surface area contributed by atoms with E-state index in [0.29, 0.717) is 25.7 Å². The Balaban J connectivity index is 2.27. The molecule has 176 valence electrons. The first-order chi connectivity index (χ1) is 14.6. The molecule has 0 spiro atoms. The van der Waals surface area contributed by atoms with Gasteiger partial charge in [-0.2, -0.15) is 0 Å². The van der Waals surface area contributed by atoms with E-state index in [2.05, 4.69) is 13.8 Å². The third-order valence-corrected chi connectivity index (χ3v) is 6.18. The van der Waals surface area contributed by atoms with Crippen molar-refractivity contribution >= 4 is 11.9 Å². The summed E-state index contributed by atoms with van der Waals surface area (Å²) in [4.78, 5) is 24.8. The molecule has 0 aromatic carbocycles. The molecular weight excluding hydrogens is 376 g/mol. The molecule has 0 amide bonds. The highest BCUT2D eigenvalue weighted by Gasteiger charge is 2.39. The van der Waals surface area contributed by atoms with Gasteiger partial charge in [-0.1, -0.05) is 97.3 Å². The molecule has 1 saturated carbocycles. The van der Waals surface area contributed by atoms with Crippen LogP contribution in [0.2, 0.25) is 0 Å². The number of unbranched alkanes of at least 4 members (excludes halogenated alkanes) is 12. The second-order valence-electron chi connectivity index (χ2n) is 9.16. The summed E-state index contributed by atoms with van der Waals surface area (Å²) >= 11 is 0. The van der Waals surface area contributed by atoms with E-state index >= 15 is 0 Å². The zero-order valence-electron chi connectivity index (χ0n) is 20.0. The van der Waals surface area contributed by atoms with E-state index in [-0.39, 0.29) is 11.9 Å². The fourth-order valence-electron chi connectivity index (χ4n) is 4.29. The van der Waals surface area contributed by atoms with Gasteiger partial charge >= 0.3 is 11.9 Å². The lowest BCUT2D eigenvalue weighted by Crippen LogP contribution is -2.42. The standard InChI is InChI=1S/C26H48O4/c1-3-5-7-9-11-13-16-20-24(27)29-26(22-18-15-19-23-26)30-25(28)21-17-14-12-10-8-6-4-2/h3-23H2,1-2H3. The van der Waals surface area contributed by atoms with Crippen molar-refractivity contribution in [1.82, 2.24) is 0 Å². The maximum Gasteiger partial charge on any atom is 0.309 e.